The van der Waals surface area contributed by atoms with Gasteiger partial charge in [-0.1, -0.05) is 0 Å². The Labute approximate surface area is 81.0 Å². The van der Waals surface area contributed by atoms with Gasteiger partial charge in [0.1, 0.15) is 11.4 Å². The summed E-state index contributed by atoms with van der Waals surface area (Å²) < 4.78 is 3.19. The molecule has 0 fully saturated rings. The molecule has 0 unspecified atom stereocenters. The highest BCUT2D eigenvalue weighted by molar-refractivity contribution is 6.06. The largest absolute Gasteiger partial charge is 0.285 e. The summed E-state index contributed by atoms with van der Waals surface area (Å²) >= 11 is 0. The van der Waals surface area contributed by atoms with Gasteiger partial charge in [-0.15, -0.1) is 0 Å². The lowest BCUT2D eigenvalue weighted by molar-refractivity contribution is 0.102. The molecular formula is C9H10N4O. The molecule has 2 rings (SSSR count). The van der Waals surface area contributed by atoms with Crippen LogP contribution in [0, 0.1) is 0 Å². The molecule has 0 saturated heterocycles. The van der Waals surface area contributed by atoms with Gasteiger partial charge in [-0.25, -0.2) is 0 Å². The highest BCUT2D eigenvalue weighted by Crippen LogP contribution is 2.04. The number of nitrogens with zero attached hydrogens (tertiary/aromatic N) is 4. The number of ketones is 1. The minimum atomic E-state index is -0.147. The van der Waals surface area contributed by atoms with Crippen LogP contribution >= 0.6 is 0 Å². The fourth-order valence-electron chi connectivity index (χ4n) is 1.20. The summed E-state index contributed by atoms with van der Waals surface area (Å²) in [5.74, 6) is -0.147. The fraction of sp³-hybridized carbons (Fsp3) is 0.222. The van der Waals surface area contributed by atoms with Gasteiger partial charge in [0.25, 0.3) is 0 Å². The van der Waals surface area contributed by atoms with Crippen molar-refractivity contribution in [2.75, 3.05) is 0 Å². The van der Waals surface area contributed by atoms with Crippen LogP contribution in [0.1, 0.15) is 16.2 Å². The molecule has 0 radical (unpaired) electrons. The second-order valence-electron chi connectivity index (χ2n) is 3.08. The first kappa shape index (κ1) is 8.68. The lowest BCUT2D eigenvalue weighted by Crippen LogP contribution is -2.05. The van der Waals surface area contributed by atoms with E-state index in [1.807, 2.05) is 0 Å². The lowest BCUT2D eigenvalue weighted by Gasteiger charge is -1.90. The number of carbonyl (C=O) groups excluding carboxylic acids is 1. The van der Waals surface area contributed by atoms with E-state index in [9.17, 15) is 4.79 Å². The number of rotatable bonds is 2. The molecule has 0 atom stereocenters. The summed E-state index contributed by atoms with van der Waals surface area (Å²) in [7, 11) is 3.55. The fourth-order valence-corrected chi connectivity index (χ4v) is 1.20. The van der Waals surface area contributed by atoms with Crippen molar-refractivity contribution >= 4 is 5.78 Å². The standard InChI is InChI=1S/C9H10N4O/c1-12-5-3-7(10-12)9(14)8-4-6-13(2)11-8/h3-6H,1-2H3. The third kappa shape index (κ3) is 1.44. The van der Waals surface area contributed by atoms with Crippen LogP contribution in [0.5, 0.6) is 0 Å². The maximum Gasteiger partial charge on any atom is 0.233 e. The van der Waals surface area contributed by atoms with E-state index in [0.29, 0.717) is 11.4 Å². The Bertz CT molecular complexity index is 426. The number of hydrogen-bond acceptors (Lipinski definition) is 3. The molecule has 0 spiro atoms. The van der Waals surface area contributed by atoms with Crippen molar-refractivity contribution in [2.24, 2.45) is 14.1 Å². The molecule has 5 heteroatoms. The summed E-state index contributed by atoms with van der Waals surface area (Å²) in [6, 6.07) is 3.36. The number of aryl methyl sites for hydroxylation is 2. The van der Waals surface area contributed by atoms with Gasteiger partial charge in [-0.05, 0) is 12.1 Å². The Hall–Kier alpha value is -1.91. The Morgan fingerprint density at radius 1 is 1.07 bits per heavy atom. The zero-order chi connectivity index (χ0) is 10.1. The number of carbonyl (C=O) groups is 1. The summed E-state index contributed by atoms with van der Waals surface area (Å²) in [5.41, 5.74) is 0.845. The first-order valence-electron chi connectivity index (χ1n) is 4.21. The number of hydrogen-bond donors (Lipinski definition) is 0. The molecule has 2 aromatic rings. The maximum atomic E-state index is 11.7. The van der Waals surface area contributed by atoms with Gasteiger partial charge in [0, 0.05) is 26.5 Å². The van der Waals surface area contributed by atoms with Crippen LogP contribution in [0.4, 0.5) is 0 Å². The molecule has 0 aliphatic rings. The van der Waals surface area contributed by atoms with Crippen LogP contribution in [0.3, 0.4) is 0 Å². The second kappa shape index (κ2) is 3.10. The predicted molar refractivity (Wildman–Crippen MR) is 49.8 cm³/mol. The van der Waals surface area contributed by atoms with Gasteiger partial charge in [0.2, 0.25) is 5.78 Å². The van der Waals surface area contributed by atoms with E-state index in [1.165, 1.54) is 0 Å². The third-order valence-corrected chi connectivity index (χ3v) is 1.89. The lowest BCUT2D eigenvalue weighted by atomic mass is 10.2. The Kier molecular flexibility index (Phi) is 1.92. The summed E-state index contributed by atoms with van der Waals surface area (Å²) in [6.07, 6.45) is 3.46. The van der Waals surface area contributed by atoms with Crippen molar-refractivity contribution < 1.29 is 4.79 Å². The SMILES string of the molecule is Cn1ccc(C(=O)c2ccn(C)n2)n1. The molecule has 0 N–H and O–H groups in total. The first-order valence-corrected chi connectivity index (χ1v) is 4.21. The maximum absolute atomic E-state index is 11.7. The molecule has 0 saturated carbocycles. The second-order valence-corrected chi connectivity index (χ2v) is 3.08. The molecule has 0 amide bonds. The van der Waals surface area contributed by atoms with Gasteiger partial charge in [-0.2, -0.15) is 10.2 Å². The van der Waals surface area contributed by atoms with E-state index in [2.05, 4.69) is 10.2 Å². The predicted octanol–water partition coefficient (Wildman–Crippen LogP) is 0.385. The quantitative estimate of drug-likeness (QED) is 0.643. The van der Waals surface area contributed by atoms with Crippen LogP contribution in [-0.4, -0.2) is 25.3 Å². The normalized spacial score (nSPS) is 10.4. The topological polar surface area (TPSA) is 52.7 Å². The van der Waals surface area contributed by atoms with Crippen LogP contribution < -0.4 is 0 Å². The summed E-state index contributed by atoms with van der Waals surface area (Å²) in [5, 5.41) is 8.03. The van der Waals surface area contributed by atoms with Gasteiger partial charge < -0.3 is 0 Å². The molecule has 72 valence electrons. The zero-order valence-electron chi connectivity index (χ0n) is 8.01. The van der Waals surface area contributed by atoms with Crippen LogP contribution in [0.2, 0.25) is 0 Å². The van der Waals surface area contributed by atoms with E-state index in [4.69, 9.17) is 0 Å². The van der Waals surface area contributed by atoms with Crippen molar-refractivity contribution in [3.63, 3.8) is 0 Å². The van der Waals surface area contributed by atoms with Gasteiger partial charge in [0.15, 0.2) is 0 Å². The van der Waals surface area contributed by atoms with Crippen molar-refractivity contribution in [2.45, 2.75) is 0 Å². The summed E-state index contributed by atoms with van der Waals surface area (Å²) in [6.45, 7) is 0. The average Bonchev–Trinajstić information content (AvgIpc) is 2.73. The van der Waals surface area contributed by atoms with Crippen LogP contribution in [-0.2, 0) is 14.1 Å². The minimum absolute atomic E-state index is 0.147. The van der Waals surface area contributed by atoms with Crippen LogP contribution in [0.25, 0.3) is 0 Å². The Balaban J connectivity index is 2.33. The summed E-state index contributed by atoms with van der Waals surface area (Å²) in [4.78, 5) is 11.7. The minimum Gasteiger partial charge on any atom is -0.285 e. The smallest absolute Gasteiger partial charge is 0.233 e. The van der Waals surface area contributed by atoms with Crippen molar-refractivity contribution in [3.8, 4) is 0 Å². The van der Waals surface area contributed by atoms with Crippen molar-refractivity contribution in [1.29, 1.82) is 0 Å². The van der Waals surface area contributed by atoms with Crippen molar-refractivity contribution in [1.82, 2.24) is 19.6 Å². The molecular weight excluding hydrogens is 180 g/mol. The first-order chi connectivity index (χ1) is 6.66. The van der Waals surface area contributed by atoms with Gasteiger partial charge in [0.05, 0.1) is 0 Å². The van der Waals surface area contributed by atoms with E-state index in [0.717, 1.165) is 0 Å². The molecule has 5 nitrogen and oxygen atoms in total. The highest BCUT2D eigenvalue weighted by atomic mass is 16.1. The molecule has 14 heavy (non-hydrogen) atoms. The van der Waals surface area contributed by atoms with E-state index in [1.54, 1.807) is 48.0 Å². The van der Waals surface area contributed by atoms with Crippen LogP contribution in [0.15, 0.2) is 24.5 Å². The van der Waals surface area contributed by atoms with E-state index >= 15 is 0 Å². The zero-order valence-corrected chi connectivity index (χ0v) is 8.01. The van der Waals surface area contributed by atoms with Crippen molar-refractivity contribution in [3.05, 3.63) is 35.9 Å². The van der Waals surface area contributed by atoms with E-state index in [-0.39, 0.29) is 5.78 Å². The van der Waals surface area contributed by atoms with Gasteiger partial charge >= 0.3 is 0 Å². The molecule has 2 heterocycles. The molecule has 0 aromatic carbocycles. The van der Waals surface area contributed by atoms with Gasteiger partial charge in [-0.3, -0.25) is 14.2 Å². The molecule has 2 aromatic heterocycles. The third-order valence-electron chi connectivity index (χ3n) is 1.89. The Morgan fingerprint density at radius 3 is 1.79 bits per heavy atom. The molecule has 0 bridgehead atoms. The van der Waals surface area contributed by atoms with E-state index < -0.39 is 0 Å². The number of aromatic nitrogens is 4. The highest BCUT2D eigenvalue weighted by Gasteiger charge is 2.13. The average molecular weight is 190 g/mol. The monoisotopic (exact) mass is 190 g/mol. The molecule has 0 aliphatic carbocycles. The molecule has 0 aliphatic heterocycles. The Morgan fingerprint density at radius 2 is 1.50 bits per heavy atom.